The minimum Gasteiger partial charge on any atom is -0.508 e. The smallest absolute Gasteiger partial charge is 0.255 e. The summed E-state index contributed by atoms with van der Waals surface area (Å²) in [6.45, 7) is 0.801. The molecule has 0 aliphatic heterocycles. The topological polar surface area (TPSA) is 177 Å². The van der Waals surface area contributed by atoms with E-state index >= 15 is 0 Å². The third kappa shape index (κ3) is 4.36. The molecule has 0 aromatic heterocycles. The summed E-state index contributed by atoms with van der Waals surface area (Å²) in [5.41, 5.74) is 4.71. The van der Waals surface area contributed by atoms with Crippen LogP contribution in [0.25, 0.3) is 5.76 Å². The van der Waals surface area contributed by atoms with Gasteiger partial charge in [0.15, 0.2) is 11.4 Å². The van der Waals surface area contributed by atoms with Crippen molar-refractivity contribution in [2.75, 3.05) is 33.1 Å². The Labute approximate surface area is 243 Å². The molecule has 3 aliphatic carbocycles. The lowest BCUT2D eigenvalue weighted by Crippen LogP contribution is -2.65. The fraction of sp³-hybridized carbons (Fsp3) is 0.387. The number of aliphatic hydroxyl groups is 3. The van der Waals surface area contributed by atoms with Crippen molar-refractivity contribution in [3.8, 4) is 5.75 Å². The number of aromatic hydroxyl groups is 1. The Morgan fingerprint density at radius 1 is 1.07 bits per heavy atom. The van der Waals surface area contributed by atoms with Crippen LogP contribution in [0.5, 0.6) is 5.75 Å². The van der Waals surface area contributed by atoms with Gasteiger partial charge in [0.1, 0.15) is 22.8 Å². The second kappa shape index (κ2) is 10.6. The van der Waals surface area contributed by atoms with E-state index in [9.17, 15) is 34.8 Å². The first-order valence-electron chi connectivity index (χ1n) is 13.7. The molecule has 7 N–H and O–H groups in total. The van der Waals surface area contributed by atoms with E-state index < -0.39 is 58.0 Å². The Morgan fingerprint density at radius 3 is 2.33 bits per heavy atom. The number of likely N-dealkylation sites (N-methyl/N-ethyl adjacent to an activating group) is 1. The molecule has 11 heteroatoms. The Bertz CT molecular complexity index is 1550. The molecule has 5 rings (SSSR count). The third-order valence-corrected chi connectivity index (χ3v) is 8.75. The maximum Gasteiger partial charge on any atom is 0.255 e. The maximum atomic E-state index is 14.1. The van der Waals surface area contributed by atoms with Crippen LogP contribution in [0.2, 0.25) is 0 Å². The number of nitrogens with one attached hydrogen (secondary N) is 1. The number of hydrogen-bond acceptors (Lipinski definition) is 10. The second-order valence-electron chi connectivity index (χ2n) is 11.7. The zero-order valence-electron chi connectivity index (χ0n) is 24.0. The van der Waals surface area contributed by atoms with Gasteiger partial charge >= 0.3 is 0 Å². The molecule has 0 bridgehead atoms. The Balaban J connectivity index is 1.63. The number of carbonyl (C=O) groups is 3. The van der Waals surface area contributed by atoms with Gasteiger partial charge in [-0.3, -0.25) is 19.3 Å². The van der Waals surface area contributed by atoms with Crippen LogP contribution in [0.4, 0.5) is 5.69 Å². The predicted molar refractivity (Wildman–Crippen MR) is 156 cm³/mol. The molecule has 2 aromatic rings. The van der Waals surface area contributed by atoms with Crippen LogP contribution < -0.4 is 16.0 Å². The van der Waals surface area contributed by atoms with E-state index in [1.54, 1.807) is 14.1 Å². The number of rotatable bonds is 7. The summed E-state index contributed by atoms with van der Waals surface area (Å²) in [5.74, 6) is -6.63. The standard InChI is InChI=1S/C31H36N4O7/c1-34(2)20-12-17(14-33-13-15-8-6-5-7-9-15)25(36)22-18(20)10-16-11-19-24(35(3)4)27(38)23(30(32)41)29(40)31(19,42)28(39)21(16)26(22)37/h5-9,12,16,19,24,33,36-37,40,42H,10-11,13-14H2,1-4H3,(H2,32,41)/t16?,19?,24-,31-/m0/s1. The number of amides is 1. The third-order valence-electron chi connectivity index (χ3n) is 8.75. The number of aliphatic hydroxyl groups excluding tert-OH is 2. The van der Waals surface area contributed by atoms with Crippen molar-refractivity contribution in [3.63, 3.8) is 0 Å². The van der Waals surface area contributed by atoms with Gasteiger partial charge in [-0.15, -0.1) is 0 Å². The fourth-order valence-electron chi connectivity index (χ4n) is 6.82. The molecule has 11 nitrogen and oxygen atoms in total. The largest absolute Gasteiger partial charge is 0.508 e. The van der Waals surface area contributed by atoms with Gasteiger partial charge < -0.3 is 36.4 Å². The molecular weight excluding hydrogens is 540 g/mol. The molecule has 3 aliphatic rings. The number of Topliss-reactive ketones (excluding diaryl/α,β-unsaturated/α-hetero) is 2. The normalized spacial score (nSPS) is 25.3. The fourth-order valence-corrected chi connectivity index (χ4v) is 6.82. The number of fused-ring (bicyclic) bond motifs is 3. The quantitative estimate of drug-likeness (QED) is 0.264. The summed E-state index contributed by atoms with van der Waals surface area (Å²) in [4.78, 5) is 42.9. The highest BCUT2D eigenvalue weighted by atomic mass is 16.3. The molecule has 0 heterocycles. The highest BCUT2D eigenvalue weighted by Crippen LogP contribution is 2.54. The number of nitrogens with zero attached hydrogens (tertiary/aromatic N) is 2. The number of anilines is 1. The van der Waals surface area contributed by atoms with Crippen LogP contribution in [0, 0.1) is 11.8 Å². The van der Waals surface area contributed by atoms with Gasteiger partial charge in [0.05, 0.1) is 11.6 Å². The minimum atomic E-state index is -2.67. The van der Waals surface area contributed by atoms with Crippen molar-refractivity contribution in [1.29, 1.82) is 0 Å². The maximum absolute atomic E-state index is 14.1. The van der Waals surface area contributed by atoms with Gasteiger partial charge in [-0.2, -0.15) is 0 Å². The first-order valence-corrected chi connectivity index (χ1v) is 13.7. The van der Waals surface area contributed by atoms with Crippen molar-refractivity contribution in [1.82, 2.24) is 10.2 Å². The molecular formula is C31H36N4O7. The summed E-state index contributed by atoms with van der Waals surface area (Å²) in [5, 5.41) is 49.1. The minimum absolute atomic E-state index is 0.0414. The van der Waals surface area contributed by atoms with Crippen LogP contribution in [-0.2, 0) is 33.9 Å². The molecule has 1 fully saturated rings. The lowest BCUT2D eigenvalue weighted by Gasteiger charge is -2.50. The number of phenolic OH excluding ortho intramolecular Hbond substituents is 1. The van der Waals surface area contributed by atoms with E-state index in [-0.39, 0.29) is 36.3 Å². The van der Waals surface area contributed by atoms with Crippen molar-refractivity contribution in [2.24, 2.45) is 17.6 Å². The monoisotopic (exact) mass is 576 g/mol. The second-order valence-corrected chi connectivity index (χ2v) is 11.7. The van der Waals surface area contributed by atoms with Crippen LogP contribution >= 0.6 is 0 Å². The van der Waals surface area contributed by atoms with E-state index in [2.05, 4.69) is 5.32 Å². The number of ketones is 2. The van der Waals surface area contributed by atoms with Gasteiger partial charge in [0.25, 0.3) is 5.91 Å². The molecule has 0 saturated heterocycles. The average molecular weight is 577 g/mol. The van der Waals surface area contributed by atoms with E-state index in [0.29, 0.717) is 17.7 Å². The first-order chi connectivity index (χ1) is 19.8. The molecule has 4 atom stereocenters. The summed E-state index contributed by atoms with van der Waals surface area (Å²) in [6, 6.07) is 10.4. The van der Waals surface area contributed by atoms with Gasteiger partial charge in [-0.25, -0.2) is 0 Å². The van der Waals surface area contributed by atoms with E-state index in [1.807, 2.05) is 55.4 Å². The highest BCUT2D eigenvalue weighted by Gasteiger charge is 2.64. The predicted octanol–water partition coefficient (Wildman–Crippen LogP) is 1.32. The SMILES string of the molecule is CN(C)c1cc(CNCc2ccccc2)c(O)c2c1CC1CC3[C@H](N(C)C)C(=O)C(C(N)=O)=C(O)[C@@]3(O)C(=O)C1=C2O. The lowest BCUT2D eigenvalue weighted by molar-refractivity contribution is -0.153. The Morgan fingerprint density at radius 2 is 1.74 bits per heavy atom. The molecule has 0 radical (unpaired) electrons. The van der Waals surface area contributed by atoms with Gasteiger partial charge in [0.2, 0.25) is 5.78 Å². The van der Waals surface area contributed by atoms with Crippen molar-refractivity contribution >= 4 is 28.9 Å². The molecule has 2 aromatic carbocycles. The van der Waals surface area contributed by atoms with E-state index in [1.165, 1.54) is 4.90 Å². The number of benzene rings is 2. The number of nitrogens with two attached hydrogens (primary N) is 1. The van der Waals surface area contributed by atoms with Crippen molar-refractivity contribution in [2.45, 2.75) is 37.6 Å². The van der Waals surface area contributed by atoms with Crippen molar-refractivity contribution < 1.29 is 34.8 Å². The van der Waals surface area contributed by atoms with E-state index in [4.69, 9.17) is 5.73 Å². The molecule has 0 spiro atoms. The average Bonchev–Trinajstić information content (AvgIpc) is 2.92. The summed E-state index contributed by atoms with van der Waals surface area (Å²) >= 11 is 0. The van der Waals surface area contributed by atoms with E-state index in [0.717, 1.165) is 11.3 Å². The highest BCUT2D eigenvalue weighted by molar-refractivity contribution is 6.24. The van der Waals surface area contributed by atoms with Crippen LogP contribution in [-0.4, -0.2) is 82.6 Å². The Hall–Kier alpha value is -4.19. The molecule has 2 unspecified atom stereocenters. The number of hydrogen-bond donors (Lipinski definition) is 6. The van der Waals surface area contributed by atoms with Gasteiger partial charge in [0, 0.05) is 49.9 Å². The number of carbonyl (C=O) groups excluding carboxylic acids is 3. The molecule has 1 amide bonds. The van der Waals surface area contributed by atoms with Gasteiger partial charge in [-0.1, -0.05) is 30.3 Å². The zero-order chi connectivity index (χ0) is 30.7. The summed E-state index contributed by atoms with van der Waals surface area (Å²) in [6.07, 6.45) is 0.271. The lowest BCUT2D eigenvalue weighted by atomic mass is 9.57. The van der Waals surface area contributed by atoms with Crippen LogP contribution in [0.15, 0.2) is 53.3 Å². The summed E-state index contributed by atoms with van der Waals surface area (Å²) < 4.78 is 0. The Kier molecular flexibility index (Phi) is 7.38. The number of primary amides is 1. The van der Waals surface area contributed by atoms with Crippen LogP contribution in [0.3, 0.4) is 0 Å². The molecule has 1 saturated carbocycles. The number of phenols is 1. The molecule has 222 valence electrons. The van der Waals surface area contributed by atoms with Crippen LogP contribution in [0.1, 0.15) is 28.7 Å². The first kappa shape index (κ1) is 29.3. The zero-order valence-corrected chi connectivity index (χ0v) is 24.0. The molecule has 42 heavy (non-hydrogen) atoms. The summed E-state index contributed by atoms with van der Waals surface area (Å²) in [7, 11) is 6.82. The van der Waals surface area contributed by atoms with Crippen molar-refractivity contribution in [3.05, 3.63) is 75.6 Å². The van der Waals surface area contributed by atoms with Gasteiger partial charge in [-0.05, 0) is 50.0 Å².